The minimum absolute atomic E-state index is 0. The molecule has 0 aromatic heterocycles. The molecule has 1 aliphatic rings. The van der Waals surface area contributed by atoms with Crippen LogP contribution < -0.4 is 16.0 Å². The molecule has 0 spiro atoms. The van der Waals surface area contributed by atoms with Gasteiger partial charge in [0, 0.05) is 25.8 Å². The van der Waals surface area contributed by atoms with Crippen molar-refractivity contribution in [2.75, 3.05) is 32.1 Å². The SMILES string of the molecule is COCCNCC(=O)NC(C)c1ccc2c(c1)CCC(=O)N2.Cl. The first-order valence-electron chi connectivity index (χ1n) is 7.52. The fraction of sp³-hybridized carbons (Fsp3) is 0.500. The highest BCUT2D eigenvalue weighted by Gasteiger charge is 2.17. The van der Waals surface area contributed by atoms with Gasteiger partial charge in [-0.2, -0.15) is 0 Å². The van der Waals surface area contributed by atoms with Crippen molar-refractivity contribution in [1.82, 2.24) is 10.6 Å². The summed E-state index contributed by atoms with van der Waals surface area (Å²) in [6.45, 7) is 3.46. The highest BCUT2D eigenvalue weighted by Crippen LogP contribution is 2.25. The lowest BCUT2D eigenvalue weighted by Crippen LogP contribution is -2.36. The third-order valence-corrected chi connectivity index (χ3v) is 3.67. The van der Waals surface area contributed by atoms with Crippen LogP contribution in [0.4, 0.5) is 5.69 Å². The normalized spacial score (nSPS) is 14.3. The van der Waals surface area contributed by atoms with E-state index in [1.807, 2.05) is 19.1 Å². The topological polar surface area (TPSA) is 79.5 Å². The van der Waals surface area contributed by atoms with Crippen LogP contribution in [0.15, 0.2) is 18.2 Å². The van der Waals surface area contributed by atoms with E-state index in [0.29, 0.717) is 19.6 Å². The summed E-state index contributed by atoms with van der Waals surface area (Å²) < 4.78 is 4.91. The molecule has 0 bridgehead atoms. The molecule has 128 valence electrons. The zero-order chi connectivity index (χ0) is 15.9. The highest BCUT2D eigenvalue weighted by molar-refractivity contribution is 5.93. The zero-order valence-electron chi connectivity index (χ0n) is 13.5. The summed E-state index contributed by atoms with van der Waals surface area (Å²) >= 11 is 0. The van der Waals surface area contributed by atoms with Gasteiger partial charge in [-0.15, -0.1) is 12.4 Å². The lowest BCUT2D eigenvalue weighted by molar-refractivity contribution is -0.121. The van der Waals surface area contributed by atoms with Crippen LogP contribution >= 0.6 is 12.4 Å². The van der Waals surface area contributed by atoms with E-state index in [9.17, 15) is 9.59 Å². The predicted molar refractivity (Wildman–Crippen MR) is 91.9 cm³/mol. The average Bonchev–Trinajstić information content (AvgIpc) is 2.51. The first kappa shape index (κ1) is 19.4. The Balaban J connectivity index is 0.00000264. The van der Waals surface area contributed by atoms with E-state index >= 15 is 0 Å². The molecule has 23 heavy (non-hydrogen) atoms. The van der Waals surface area contributed by atoms with Gasteiger partial charge in [-0.05, 0) is 30.5 Å². The van der Waals surface area contributed by atoms with Crippen molar-refractivity contribution in [3.63, 3.8) is 0 Å². The lowest BCUT2D eigenvalue weighted by Gasteiger charge is -2.20. The molecule has 0 saturated heterocycles. The van der Waals surface area contributed by atoms with Crippen molar-refractivity contribution in [2.45, 2.75) is 25.8 Å². The fourth-order valence-electron chi connectivity index (χ4n) is 2.42. The molecule has 7 heteroatoms. The number of carbonyl (C=O) groups excluding carboxylic acids is 2. The summed E-state index contributed by atoms with van der Waals surface area (Å²) in [5, 5.41) is 8.83. The molecular formula is C16H24ClN3O3. The molecule has 6 nitrogen and oxygen atoms in total. The van der Waals surface area contributed by atoms with Gasteiger partial charge in [0.25, 0.3) is 0 Å². The molecule has 1 aromatic rings. The molecule has 0 fully saturated rings. The largest absolute Gasteiger partial charge is 0.383 e. The summed E-state index contributed by atoms with van der Waals surface area (Å²) in [5.74, 6) is 0.0124. The second-order valence-electron chi connectivity index (χ2n) is 5.42. The van der Waals surface area contributed by atoms with Crippen molar-refractivity contribution in [1.29, 1.82) is 0 Å². The Labute approximate surface area is 142 Å². The molecule has 1 atom stereocenters. The molecule has 1 aliphatic heterocycles. The van der Waals surface area contributed by atoms with E-state index in [-0.39, 0.29) is 36.8 Å². The van der Waals surface area contributed by atoms with E-state index in [1.165, 1.54) is 0 Å². The highest BCUT2D eigenvalue weighted by atomic mass is 35.5. The van der Waals surface area contributed by atoms with Crippen LogP contribution in [0.25, 0.3) is 0 Å². The average molecular weight is 342 g/mol. The summed E-state index contributed by atoms with van der Waals surface area (Å²) in [6, 6.07) is 5.83. The first-order valence-corrected chi connectivity index (χ1v) is 7.52. The minimum Gasteiger partial charge on any atom is -0.383 e. The Morgan fingerprint density at radius 1 is 1.39 bits per heavy atom. The van der Waals surface area contributed by atoms with E-state index < -0.39 is 0 Å². The van der Waals surface area contributed by atoms with Gasteiger partial charge in [0.1, 0.15) is 0 Å². The van der Waals surface area contributed by atoms with Gasteiger partial charge in [0.15, 0.2) is 0 Å². The number of fused-ring (bicyclic) bond motifs is 1. The third-order valence-electron chi connectivity index (χ3n) is 3.67. The number of ether oxygens (including phenoxy) is 1. The van der Waals surface area contributed by atoms with E-state index in [1.54, 1.807) is 7.11 Å². The van der Waals surface area contributed by atoms with Crippen LogP contribution in [-0.2, 0) is 20.7 Å². The molecule has 0 radical (unpaired) electrons. The number of hydrogen-bond donors (Lipinski definition) is 3. The second kappa shape index (κ2) is 9.50. The van der Waals surface area contributed by atoms with Crippen LogP contribution in [0, 0.1) is 0 Å². The maximum absolute atomic E-state index is 11.9. The van der Waals surface area contributed by atoms with Gasteiger partial charge < -0.3 is 20.7 Å². The maximum Gasteiger partial charge on any atom is 0.234 e. The Hall–Kier alpha value is -1.63. The van der Waals surface area contributed by atoms with Gasteiger partial charge in [0.2, 0.25) is 11.8 Å². The van der Waals surface area contributed by atoms with Crippen LogP contribution in [0.2, 0.25) is 0 Å². The van der Waals surface area contributed by atoms with Crippen molar-refractivity contribution in [3.8, 4) is 0 Å². The number of benzene rings is 1. The zero-order valence-corrected chi connectivity index (χ0v) is 14.3. The van der Waals surface area contributed by atoms with E-state index in [2.05, 4.69) is 22.0 Å². The monoisotopic (exact) mass is 341 g/mol. The number of carbonyl (C=O) groups is 2. The van der Waals surface area contributed by atoms with E-state index in [0.717, 1.165) is 23.2 Å². The molecule has 2 amide bonds. The minimum atomic E-state index is -0.0698. The quantitative estimate of drug-likeness (QED) is 0.655. The Bertz CT molecular complexity index is 551. The fourth-order valence-corrected chi connectivity index (χ4v) is 2.42. The number of nitrogens with one attached hydrogen (secondary N) is 3. The lowest BCUT2D eigenvalue weighted by atomic mass is 9.98. The van der Waals surface area contributed by atoms with Crippen molar-refractivity contribution in [3.05, 3.63) is 29.3 Å². The first-order chi connectivity index (χ1) is 10.6. The predicted octanol–water partition coefficient (Wildman–Crippen LogP) is 1.41. The van der Waals surface area contributed by atoms with Crippen molar-refractivity contribution in [2.24, 2.45) is 0 Å². The standard InChI is InChI=1S/C16H23N3O3.ClH/c1-11(18-16(21)10-17-7-8-22-2)12-3-5-14-13(9-12)4-6-15(20)19-14;/h3,5,9,11,17H,4,6-8,10H2,1-2H3,(H,18,21)(H,19,20);1H. The summed E-state index contributed by atoms with van der Waals surface area (Å²) in [6.07, 6.45) is 1.26. The van der Waals surface area contributed by atoms with Crippen LogP contribution in [0.5, 0.6) is 0 Å². The molecule has 0 aliphatic carbocycles. The summed E-state index contributed by atoms with van der Waals surface area (Å²) in [5.41, 5.74) is 3.04. The number of hydrogen-bond acceptors (Lipinski definition) is 4. The molecule has 1 unspecified atom stereocenters. The molecule has 2 rings (SSSR count). The van der Waals surface area contributed by atoms with Crippen molar-refractivity contribution >= 4 is 29.9 Å². The molecule has 0 saturated carbocycles. The molecule has 1 heterocycles. The number of rotatable bonds is 7. The molecule has 3 N–H and O–H groups in total. The van der Waals surface area contributed by atoms with Gasteiger partial charge in [0.05, 0.1) is 19.2 Å². The van der Waals surface area contributed by atoms with Crippen LogP contribution in [0.1, 0.15) is 30.5 Å². The molecule has 1 aromatic carbocycles. The number of anilines is 1. The summed E-state index contributed by atoms with van der Waals surface area (Å²) in [7, 11) is 1.63. The van der Waals surface area contributed by atoms with Gasteiger partial charge in [-0.1, -0.05) is 12.1 Å². The van der Waals surface area contributed by atoms with E-state index in [4.69, 9.17) is 4.74 Å². The van der Waals surface area contributed by atoms with Crippen LogP contribution in [0.3, 0.4) is 0 Å². The van der Waals surface area contributed by atoms with Crippen molar-refractivity contribution < 1.29 is 14.3 Å². The Morgan fingerprint density at radius 3 is 2.91 bits per heavy atom. The Morgan fingerprint density at radius 2 is 2.17 bits per heavy atom. The number of amides is 2. The molecular weight excluding hydrogens is 318 g/mol. The van der Waals surface area contributed by atoms with Gasteiger partial charge in [-0.3, -0.25) is 9.59 Å². The second-order valence-corrected chi connectivity index (χ2v) is 5.42. The maximum atomic E-state index is 11.9. The third kappa shape index (κ3) is 5.82. The number of halogens is 1. The summed E-state index contributed by atoms with van der Waals surface area (Å²) in [4.78, 5) is 23.2. The van der Waals surface area contributed by atoms with Gasteiger partial charge >= 0.3 is 0 Å². The number of aryl methyl sites for hydroxylation is 1. The van der Waals surface area contributed by atoms with Gasteiger partial charge in [-0.25, -0.2) is 0 Å². The van der Waals surface area contributed by atoms with Crippen LogP contribution in [-0.4, -0.2) is 38.6 Å². The smallest absolute Gasteiger partial charge is 0.234 e. The number of methoxy groups -OCH3 is 1. The Kier molecular flexibility index (Phi) is 8.02.